The fourth-order valence-corrected chi connectivity index (χ4v) is 0.814. The van der Waals surface area contributed by atoms with Crippen LogP contribution in [0.15, 0.2) is 12.3 Å². The van der Waals surface area contributed by atoms with E-state index < -0.39 is 14.5 Å². The molecule has 0 unspecified atom stereocenters. The second kappa shape index (κ2) is 2.22. The minimum Gasteiger partial charge on any atom is -0.516 e. The van der Waals surface area contributed by atoms with Gasteiger partial charge in [0.15, 0.2) is 0 Å². The molecule has 0 aromatic carbocycles. The molecule has 1 heterocycles. The number of hydrogen-bond acceptors (Lipinski definition) is 4. The summed E-state index contributed by atoms with van der Waals surface area (Å²) in [6.45, 7) is 0. The van der Waals surface area contributed by atoms with E-state index in [0.717, 1.165) is 6.26 Å². The van der Waals surface area contributed by atoms with Gasteiger partial charge in [-0.3, -0.25) is 0 Å². The van der Waals surface area contributed by atoms with E-state index in [9.17, 15) is 4.57 Å². The third-order valence-electron chi connectivity index (χ3n) is 0.623. The molecule has 1 aliphatic heterocycles. The highest BCUT2D eigenvalue weighted by Crippen LogP contribution is 2.39. The Morgan fingerprint density at radius 1 is 1.62 bits per heavy atom. The van der Waals surface area contributed by atoms with E-state index >= 15 is 0 Å². The van der Waals surface area contributed by atoms with Gasteiger partial charge in [-0.05, 0) is 0 Å². The fraction of sp³-hybridized carbons (Fsp3) is 0.333. The van der Waals surface area contributed by atoms with Gasteiger partial charge in [0.25, 0.3) is 6.29 Å². The molecule has 8 heavy (non-hydrogen) atoms. The SMILES string of the molecule is O=[P+]1OC(C=CO)O1. The molecule has 0 amide bonds. The summed E-state index contributed by atoms with van der Waals surface area (Å²) in [6, 6.07) is 0. The Morgan fingerprint density at radius 3 is 2.62 bits per heavy atom. The van der Waals surface area contributed by atoms with E-state index in [1.54, 1.807) is 0 Å². The second-order valence-electron chi connectivity index (χ2n) is 1.14. The largest absolute Gasteiger partial charge is 0.703 e. The normalized spacial score (nSPS) is 33.0. The molecule has 0 atom stereocenters. The lowest BCUT2D eigenvalue weighted by atomic mass is 10.6. The van der Waals surface area contributed by atoms with E-state index in [-0.39, 0.29) is 0 Å². The highest BCUT2D eigenvalue weighted by Gasteiger charge is 2.43. The maximum atomic E-state index is 9.97. The summed E-state index contributed by atoms with van der Waals surface area (Å²) in [4.78, 5) is 0. The van der Waals surface area contributed by atoms with Crippen LogP contribution in [0.2, 0.25) is 0 Å². The van der Waals surface area contributed by atoms with Crippen molar-refractivity contribution in [1.82, 2.24) is 0 Å². The van der Waals surface area contributed by atoms with Crippen LogP contribution >= 0.6 is 8.25 Å². The summed E-state index contributed by atoms with van der Waals surface area (Å²) in [5.41, 5.74) is 0. The van der Waals surface area contributed by atoms with Gasteiger partial charge >= 0.3 is 8.25 Å². The predicted molar refractivity (Wildman–Crippen MR) is 25.3 cm³/mol. The zero-order chi connectivity index (χ0) is 5.98. The van der Waals surface area contributed by atoms with Gasteiger partial charge in [0.2, 0.25) is 0 Å². The molecule has 0 aliphatic carbocycles. The van der Waals surface area contributed by atoms with Gasteiger partial charge in [-0.25, -0.2) is 0 Å². The van der Waals surface area contributed by atoms with Crippen molar-refractivity contribution in [2.24, 2.45) is 0 Å². The van der Waals surface area contributed by atoms with Gasteiger partial charge in [-0.2, -0.15) is 0 Å². The van der Waals surface area contributed by atoms with Crippen LogP contribution in [0.25, 0.3) is 0 Å². The molecule has 1 N–H and O–H groups in total. The molecule has 1 aliphatic rings. The molecule has 1 fully saturated rings. The van der Waals surface area contributed by atoms with Crippen LogP contribution in [-0.2, 0) is 13.6 Å². The Bertz CT molecular complexity index is 123. The molecular formula is C3H4O4P+. The summed E-state index contributed by atoms with van der Waals surface area (Å²) in [5, 5.41) is 8.05. The molecule has 0 aromatic rings. The first-order valence-corrected chi connectivity index (χ1v) is 3.04. The molecule has 1 rings (SSSR count). The molecule has 5 heteroatoms. The molecule has 1 saturated heterocycles. The Morgan fingerprint density at radius 2 is 2.25 bits per heavy atom. The summed E-state index contributed by atoms with van der Waals surface area (Å²) in [7, 11) is -1.88. The molecule has 0 aromatic heterocycles. The lowest BCUT2D eigenvalue weighted by Gasteiger charge is -2.03. The van der Waals surface area contributed by atoms with Gasteiger partial charge in [0.05, 0.1) is 6.26 Å². The summed E-state index contributed by atoms with van der Waals surface area (Å²) < 4.78 is 18.8. The van der Waals surface area contributed by atoms with Crippen molar-refractivity contribution in [1.29, 1.82) is 0 Å². The van der Waals surface area contributed by atoms with Crippen molar-refractivity contribution in [2.75, 3.05) is 0 Å². The quantitative estimate of drug-likeness (QED) is 0.431. The van der Waals surface area contributed by atoms with E-state index in [4.69, 9.17) is 5.11 Å². The highest BCUT2D eigenvalue weighted by atomic mass is 31.1. The average Bonchev–Trinajstić information content (AvgIpc) is 1.64. The third-order valence-corrected chi connectivity index (χ3v) is 1.38. The van der Waals surface area contributed by atoms with Gasteiger partial charge in [-0.15, -0.1) is 0 Å². The lowest BCUT2D eigenvalue weighted by molar-refractivity contribution is -0.0406. The topological polar surface area (TPSA) is 55.8 Å². The summed E-state index contributed by atoms with van der Waals surface area (Å²) >= 11 is 0. The standard InChI is InChI=1S/C3H3O4P/c4-2-1-3-6-8(5)7-3/h1-3H/p+1. The van der Waals surface area contributed by atoms with Gasteiger partial charge in [0.1, 0.15) is 0 Å². The zero-order valence-electron chi connectivity index (χ0n) is 3.85. The van der Waals surface area contributed by atoms with Crippen LogP contribution in [0, 0.1) is 0 Å². The van der Waals surface area contributed by atoms with Gasteiger partial charge < -0.3 is 5.11 Å². The van der Waals surface area contributed by atoms with Crippen molar-refractivity contribution >= 4 is 8.25 Å². The van der Waals surface area contributed by atoms with Crippen molar-refractivity contribution in [2.45, 2.75) is 6.29 Å². The highest BCUT2D eigenvalue weighted by molar-refractivity contribution is 7.34. The lowest BCUT2D eigenvalue weighted by Crippen LogP contribution is -2.16. The van der Waals surface area contributed by atoms with Crippen LogP contribution in [0.1, 0.15) is 0 Å². The molecule has 0 spiro atoms. The van der Waals surface area contributed by atoms with E-state index in [2.05, 4.69) is 9.05 Å². The minimum absolute atomic E-state index is 0.608. The Kier molecular flexibility index (Phi) is 1.58. The van der Waals surface area contributed by atoms with Crippen molar-refractivity contribution in [3.8, 4) is 0 Å². The third kappa shape index (κ3) is 1.04. The molecule has 0 radical (unpaired) electrons. The van der Waals surface area contributed by atoms with Crippen LogP contribution in [0.3, 0.4) is 0 Å². The van der Waals surface area contributed by atoms with Crippen LogP contribution in [0.4, 0.5) is 0 Å². The van der Waals surface area contributed by atoms with Crippen LogP contribution in [-0.4, -0.2) is 11.4 Å². The monoisotopic (exact) mass is 135 g/mol. The van der Waals surface area contributed by atoms with E-state index in [0.29, 0.717) is 0 Å². The number of aliphatic hydroxyl groups excluding tert-OH is 1. The number of rotatable bonds is 1. The predicted octanol–water partition coefficient (Wildman–Crippen LogP) is 1.09. The molecule has 44 valence electrons. The first-order chi connectivity index (χ1) is 3.83. The average molecular weight is 135 g/mol. The number of aliphatic hydroxyl groups is 1. The first kappa shape index (κ1) is 5.69. The Balaban J connectivity index is 2.25. The molecule has 4 nitrogen and oxygen atoms in total. The minimum atomic E-state index is -1.88. The van der Waals surface area contributed by atoms with E-state index in [1.165, 1.54) is 6.08 Å². The smallest absolute Gasteiger partial charge is 0.516 e. The Labute approximate surface area is 46.7 Å². The Hall–Kier alpha value is -0.440. The summed E-state index contributed by atoms with van der Waals surface area (Å²) in [5.74, 6) is 0. The zero-order valence-corrected chi connectivity index (χ0v) is 4.75. The summed E-state index contributed by atoms with van der Waals surface area (Å²) in [6.07, 6.45) is 1.42. The maximum absolute atomic E-state index is 9.97. The fourth-order valence-electron chi connectivity index (χ4n) is 0.318. The van der Waals surface area contributed by atoms with Crippen molar-refractivity contribution in [3.63, 3.8) is 0 Å². The van der Waals surface area contributed by atoms with E-state index in [1.807, 2.05) is 0 Å². The number of hydrogen-bond donors (Lipinski definition) is 1. The van der Waals surface area contributed by atoms with Crippen molar-refractivity contribution < 1.29 is 18.7 Å². The van der Waals surface area contributed by atoms with Gasteiger partial charge in [-0.1, -0.05) is 9.05 Å². The molecule has 0 saturated carbocycles. The van der Waals surface area contributed by atoms with Crippen molar-refractivity contribution in [3.05, 3.63) is 12.3 Å². The molecular weight excluding hydrogens is 131 g/mol. The van der Waals surface area contributed by atoms with Crippen LogP contribution < -0.4 is 0 Å². The second-order valence-corrected chi connectivity index (χ2v) is 2.01. The van der Waals surface area contributed by atoms with Gasteiger partial charge in [0, 0.05) is 10.6 Å². The maximum Gasteiger partial charge on any atom is 0.703 e. The first-order valence-electron chi connectivity index (χ1n) is 1.94. The molecule has 0 bridgehead atoms. The van der Waals surface area contributed by atoms with Crippen LogP contribution in [0.5, 0.6) is 0 Å².